The van der Waals surface area contributed by atoms with Gasteiger partial charge in [0.25, 0.3) is 0 Å². The van der Waals surface area contributed by atoms with Crippen molar-refractivity contribution in [3.8, 4) is 0 Å². The highest BCUT2D eigenvalue weighted by molar-refractivity contribution is 14.0. The molecule has 122 valence electrons. The largest absolute Gasteiger partial charge is 0.469 e. The van der Waals surface area contributed by atoms with Gasteiger partial charge in [-0.05, 0) is 26.0 Å². The Bertz CT molecular complexity index is 539. The summed E-state index contributed by atoms with van der Waals surface area (Å²) >= 11 is 0. The van der Waals surface area contributed by atoms with Gasteiger partial charge in [0.2, 0.25) is 0 Å². The van der Waals surface area contributed by atoms with Crippen molar-refractivity contribution in [2.45, 2.75) is 25.0 Å². The number of halogens is 1. The number of nitrogens with one attached hydrogen (secondary N) is 2. The summed E-state index contributed by atoms with van der Waals surface area (Å²) in [6.45, 7) is 4.33. The van der Waals surface area contributed by atoms with Gasteiger partial charge in [-0.25, -0.2) is 8.42 Å². The van der Waals surface area contributed by atoms with E-state index in [9.17, 15) is 8.42 Å². The van der Waals surface area contributed by atoms with Crippen LogP contribution in [-0.2, 0) is 16.3 Å². The first-order chi connectivity index (χ1) is 9.26. The SMILES string of the molecule is CN=C(NCCc1ccco1)NCC(C)(C)S(C)(=O)=O.I. The topological polar surface area (TPSA) is 83.7 Å². The van der Waals surface area contributed by atoms with E-state index in [4.69, 9.17) is 4.42 Å². The third kappa shape index (κ3) is 6.68. The zero-order valence-electron chi connectivity index (χ0n) is 12.8. The number of furan rings is 1. The first kappa shape index (κ1) is 20.2. The molecule has 6 nitrogen and oxygen atoms in total. The fraction of sp³-hybridized carbons (Fsp3) is 0.615. The summed E-state index contributed by atoms with van der Waals surface area (Å²) in [4.78, 5) is 4.06. The van der Waals surface area contributed by atoms with E-state index in [1.807, 2.05) is 12.1 Å². The van der Waals surface area contributed by atoms with Crippen molar-refractivity contribution < 1.29 is 12.8 Å². The molecule has 0 unspecified atom stereocenters. The molecule has 0 amide bonds. The summed E-state index contributed by atoms with van der Waals surface area (Å²) in [6.07, 6.45) is 3.61. The molecule has 0 atom stereocenters. The highest BCUT2D eigenvalue weighted by atomic mass is 127. The van der Waals surface area contributed by atoms with Crippen LogP contribution in [0.25, 0.3) is 0 Å². The van der Waals surface area contributed by atoms with Crippen molar-refractivity contribution in [1.82, 2.24) is 10.6 Å². The molecule has 0 aliphatic carbocycles. The van der Waals surface area contributed by atoms with Crippen LogP contribution in [0.4, 0.5) is 0 Å². The monoisotopic (exact) mass is 429 g/mol. The van der Waals surface area contributed by atoms with Crippen molar-refractivity contribution in [2.24, 2.45) is 4.99 Å². The minimum atomic E-state index is -3.12. The maximum Gasteiger partial charge on any atom is 0.191 e. The van der Waals surface area contributed by atoms with Gasteiger partial charge in [0.15, 0.2) is 15.8 Å². The van der Waals surface area contributed by atoms with E-state index in [2.05, 4.69) is 15.6 Å². The standard InChI is InChI=1S/C13H23N3O3S.HI/c1-13(2,20(4,17)18)10-16-12(14-3)15-8-7-11-6-5-9-19-11;/h5-6,9H,7-8,10H2,1-4H3,(H2,14,15,16);1H. The van der Waals surface area contributed by atoms with Crippen LogP contribution < -0.4 is 10.6 Å². The molecule has 2 N–H and O–H groups in total. The van der Waals surface area contributed by atoms with Crippen LogP contribution in [0.1, 0.15) is 19.6 Å². The third-order valence-electron chi connectivity index (χ3n) is 3.15. The van der Waals surface area contributed by atoms with Crippen molar-refractivity contribution >= 4 is 39.8 Å². The summed E-state index contributed by atoms with van der Waals surface area (Å²) in [6, 6.07) is 3.75. The first-order valence-electron chi connectivity index (χ1n) is 6.43. The van der Waals surface area contributed by atoms with Gasteiger partial charge in [0.05, 0.1) is 11.0 Å². The molecular weight excluding hydrogens is 405 g/mol. The molecule has 8 heteroatoms. The van der Waals surface area contributed by atoms with Gasteiger partial charge >= 0.3 is 0 Å². The first-order valence-corrected chi connectivity index (χ1v) is 8.32. The lowest BCUT2D eigenvalue weighted by Gasteiger charge is -2.24. The third-order valence-corrected chi connectivity index (χ3v) is 5.30. The molecule has 0 aliphatic rings. The zero-order chi connectivity index (χ0) is 15.2. The van der Waals surface area contributed by atoms with E-state index in [0.29, 0.717) is 19.0 Å². The number of hydrogen-bond donors (Lipinski definition) is 2. The number of nitrogens with zero attached hydrogens (tertiary/aromatic N) is 1. The number of guanidine groups is 1. The van der Waals surface area contributed by atoms with E-state index >= 15 is 0 Å². The Morgan fingerprint density at radius 1 is 1.38 bits per heavy atom. The molecule has 0 aliphatic heterocycles. The average molecular weight is 429 g/mol. The van der Waals surface area contributed by atoms with Crippen LogP contribution in [0.5, 0.6) is 0 Å². The van der Waals surface area contributed by atoms with Gasteiger partial charge in [-0.15, -0.1) is 24.0 Å². The molecular formula is C13H24IN3O3S. The minimum Gasteiger partial charge on any atom is -0.469 e. The second kappa shape index (κ2) is 8.62. The van der Waals surface area contributed by atoms with E-state index in [1.165, 1.54) is 6.26 Å². The summed E-state index contributed by atoms with van der Waals surface area (Å²) in [5.74, 6) is 1.47. The zero-order valence-corrected chi connectivity index (χ0v) is 16.0. The summed E-state index contributed by atoms with van der Waals surface area (Å²) in [5, 5.41) is 6.14. The van der Waals surface area contributed by atoms with Crippen LogP contribution in [-0.4, -0.2) is 45.5 Å². The van der Waals surface area contributed by atoms with E-state index in [0.717, 1.165) is 12.2 Å². The van der Waals surface area contributed by atoms with Gasteiger partial charge in [-0.3, -0.25) is 4.99 Å². The maximum atomic E-state index is 11.6. The molecule has 0 aromatic carbocycles. The van der Waals surface area contributed by atoms with Crippen LogP contribution in [0.15, 0.2) is 27.8 Å². The van der Waals surface area contributed by atoms with Gasteiger partial charge in [-0.1, -0.05) is 0 Å². The lowest BCUT2D eigenvalue weighted by Crippen LogP contribution is -2.48. The molecule has 1 aromatic heterocycles. The van der Waals surface area contributed by atoms with Gasteiger partial charge < -0.3 is 15.1 Å². The van der Waals surface area contributed by atoms with E-state index in [1.54, 1.807) is 27.2 Å². The predicted octanol–water partition coefficient (Wildman–Crippen LogP) is 1.43. The second-order valence-electron chi connectivity index (χ2n) is 5.21. The van der Waals surface area contributed by atoms with E-state index < -0.39 is 14.6 Å². The lowest BCUT2D eigenvalue weighted by molar-refractivity contribution is 0.506. The Morgan fingerprint density at radius 3 is 2.52 bits per heavy atom. The molecule has 0 spiro atoms. The lowest BCUT2D eigenvalue weighted by atomic mass is 10.2. The Kier molecular flexibility index (Phi) is 8.30. The number of rotatable bonds is 6. The number of sulfone groups is 1. The maximum absolute atomic E-state index is 11.6. The Hall–Kier alpha value is -0.770. The molecule has 0 fully saturated rings. The molecule has 1 aromatic rings. The number of aliphatic imine (C=N–C) groups is 1. The van der Waals surface area contributed by atoms with Crippen molar-refractivity contribution in [3.63, 3.8) is 0 Å². The Labute approximate surface area is 143 Å². The van der Waals surface area contributed by atoms with E-state index in [-0.39, 0.29) is 24.0 Å². The molecule has 0 radical (unpaired) electrons. The average Bonchev–Trinajstić information content (AvgIpc) is 2.85. The fourth-order valence-electron chi connectivity index (χ4n) is 1.41. The highest BCUT2D eigenvalue weighted by Crippen LogP contribution is 2.13. The predicted molar refractivity (Wildman–Crippen MR) is 96.1 cm³/mol. The van der Waals surface area contributed by atoms with Crippen molar-refractivity contribution in [2.75, 3.05) is 26.4 Å². The summed E-state index contributed by atoms with van der Waals surface area (Å²) in [7, 11) is -1.47. The Morgan fingerprint density at radius 2 is 2.05 bits per heavy atom. The number of hydrogen-bond acceptors (Lipinski definition) is 4. The molecule has 21 heavy (non-hydrogen) atoms. The normalized spacial score (nSPS) is 12.7. The van der Waals surface area contributed by atoms with Gasteiger partial charge in [0.1, 0.15) is 5.76 Å². The van der Waals surface area contributed by atoms with Crippen molar-refractivity contribution in [3.05, 3.63) is 24.2 Å². The Balaban J connectivity index is 0.00000400. The minimum absolute atomic E-state index is 0. The van der Waals surface area contributed by atoms with Crippen LogP contribution in [0.2, 0.25) is 0 Å². The summed E-state index contributed by atoms with van der Waals surface area (Å²) < 4.78 is 27.6. The summed E-state index contributed by atoms with van der Waals surface area (Å²) in [5.41, 5.74) is 0. The quantitative estimate of drug-likeness (QED) is 0.406. The van der Waals surface area contributed by atoms with Crippen LogP contribution >= 0.6 is 24.0 Å². The molecule has 1 rings (SSSR count). The van der Waals surface area contributed by atoms with Crippen molar-refractivity contribution in [1.29, 1.82) is 0 Å². The fourth-order valence-corrected chi connectivity index (χ4v) is 1.74. The molecule has 0 saturated heterocycles. The smallest absolute Gasteiger partial charge is 0.191 e. The van der Waals surface area contributed by atoms with Gasteiger partial charge in [-0.2, -0.15) is 0 Å². The second-order valence-corrected chi connectivity index (χ2v) is 7.86. The molecule has 1 heterocycles. The highest BCUT2D eigenvalue weighted by Gasteiger charge is 2.30. The van der Waals surface area contributed by atoms with Crippen LogP contribution in [0, 0.1) is 0 Å². The molecule has 0 bridgehead atoms. The molecule has 0 saturated carbocycles. The van der Waals surface area contributed by atoms with Crippen LogP contribution in [0.3, 0.4) is 0 Å². The van der Waals surface area contributed by atoms with Gasteiger partial charge in [0, 0.05) is 32.8 Å².